The molecule has 2 N–H and O–H groups in total. The Morgan fingerprint density at radius 2 is 2.20 bits per heavy atom. The van der Waals surface area contributed by atoms with Crippen LogP contribution in [0.3, 0.4) is 0 Å². The number of amidine groups is 1. The van der Waals surface area contributed by atoms with Crippen LogP contribution in [-0.2, 0) is 0 Å². The van der Waals surface area contributed by atoms with Crippen LogP contribution in [0.2, 0.25) is 0 Å². The van der Waals surface area contributed by atoms with Gasteiger partial charge in [0.2, 0.25) is 0 Å². The van der Waals surface area contributed by atoms with Gasteiger partial charge in [-0.3, -0.25) is 0 Å². The molecule has 0 aromatic heterocycles. The number of aryl methyl sites for hydroxylation is 1. The van der Waals surface area contributed by atoms with Crippen LogP contribution >= 0.6 is 28.7 Å². The van der Waals surface area contributed by atoms with Crippen LogP contribution in [0.4, 0.5) is 0 Å². The second kappa shape index (κ2) is 5.37. The van der Waals surface area contributed by atoms with E-state index in [0.717, 1.165) is 5.75 Å². The number of benzene rings is 1. The first-order chi connectivity index (χ1) is 6.75. The smallest absolute Gasteiger partial charge is 0.158 e. The van der Waals surface area contributed by atoms with Crippen LogP contribution in [0.1, 0.15) is 11.1 Å². The molecule has 2 rings (SSSR count). The van der Waals surface area contributed by atoms with Gasteiger partial charge in [-0.25, -0.2) is 4.99 Å². The standard InChI is InChI=1S/C11H12N2S.BrH/c1-8-3-2-4-9(5-8)10-6-13-11(12)14-7-10;/h2-6H,7H2,1H3,(H2,12,13);1H. The van der Waals surface area contributed by atoms with Gasteiger partial charge in [-0.15, -0.1) is 17.0 Å². The predicted octanol–water partition coefficient (Wildman–Crippen LogP) is 2.98. The molecule has 0 fully saturated rings. The van der Waals surface area contributed by atoms with E-state index in [-0.39, 0.29) is 17.0 Å². The molecule has 0 saturated heterocycles. The van der Waals surface area contributed by atoms with Crippen molar-refractivity contribution >= 4 is 39.5 Å². The van der Waals surface area contributed by atoms with Crippen LogP contribution in [-0.4, -0.2) is 10.9 Å². The van der Waals surface area contributed by atoms with Crippen molar-refractivity contribution in [2.24, 2.45) is 10.7 Å². The number of rotatable bonds is 1. The average molecular weight is 285 g/mol. The molecule has 2 nitrogen and oxygen atoms in total. The van der Waals surface area contributed by atoms with E-state index in [1.165, 1.54) is 16.7 Å². The third kappa shape index (κ3) is 3.11. The van der Waals surface area contributed by atoms with Gasteiger partial charge in [0.15, 0.2) is 5.17 Å². The molecule has 0 atom stereocenters. The summed E-state index contributed by atoms with van der Waals surface area (Å²) in [7, 11) is 0. The van der Waals surface area contributed by atoms with Crippen LogP contribution < -0.4 is 5.73 Å². The second-order valence-electron chi connectivity index (χ2n) is 3.28. The van der Waals surface area contributed by atoms with Gasteiger partial charge >= 0.3 is 0 Å². The molecule has 0 saturated carbocycles. The van der Waals surface area contributed by atoms with Gasteiger partial charge in [0.25, 0.3) is 0 Å². The average Bonchev–Trinajstić information content (AvgIpc) is 2.19. The predicted molar refractivity (Wildman–Crippen MR) is 73.6 cm³/mol. The number of hydrogen-bond acceptors (Lipinski definition) is 3. The van der Waals surface area contributed by atoms with Crippen molar-refractivity contribution in [2.45, 2.75) is 6.92 Å². The van der Waals surface area contributed by atoms with E-state index in [9.17, 15) is 0 Å². The second-order valence-corrected chi connectivity index (χ2v) is 4.28. The summed E-state index contributed by atoms with van der Waals surface area (Å²) in [6.45, 7) is 2.09. The molecule has 4 heteroatoms. The molecule has 1 aromatic carbocycles. The zero-order chi connectivity index (χ0) is 9.97. The number of nitrogens with zero attached hydrogens (tertiary/aromatic N) is 1. The Morgan fingerprint density at radius 3 is 2.80 bits per heavy atom. The quantitative estimate of drug-likeness (QED) is 0.861. The fourth-order valence-electron chi connectivity index (χ4n) is 1.37. The molecule has 0 spiro atoms. The highest BCUT2D eigenvalue weighted by Gasteiger charge is 2.07. The van der Waals surface area contributed by atoms with E-state index in [4.69, 9.17) is 5.73 Å². The number of hydrogen-bond donors (Lipinski definition) is 1. The van der Waals surface area contributed by atoms with Crippen molar-refractivity contribution in [2.75, 3.05) is 5.75 Å². The summed E-state index contributed by atoms with van der Waals surface area (Å²) in [5.41, 5.74) is 9.33. The van der Waals surface area contributed by atoms with Gasteiger partial charge in [0.1, 0.15) is 0 Å². The molecule has 15 heavy (non-hydrogen) atoms. The van der Waals surface area contributed by atoms with E-state index < -0.39 is 0 Å². The van der Waals surface area contributed by atoms with Crippen molar-refractivity contribution in [3.8, 4) is 0 Å². The molecular weight excluding hydrogens is 272 g/mol. The number of aliphatic imine (C=N–C) groups is 1. The van der Waals surface area contributed by atoms with Gasteiger partial charge < -0.3 is 5.73 Å². The molecule has 1 heterocycles. The summed E-state index contributed by atoms with van der Waals surface area (Å²) in [4.78, 5) is 4.11. The molecule has 0 bridgehead atoms. The van der Waals surface area contributed by atoms with Gasteiger partial charge in [-0.1, -0.05) is 41.6 Å². The largest absolute Gasteiger partial charge is 0.378 e. The maximum Gasteiger partial charge on any atom is 0.158 e. The Bertz CT molecular complexity index is 413. The topological polar surface area (TPSA) is 38.4 Å². The van der Waals surface area contributed by atoms with Crippen LogP contribution in [0.15, 0.2) is 35.5 Å². The van der Waals surface area contributed by atoms with Crippen LogP contribution in [0.25, 0.3) is 5.57 Å². The van der Waals surface area contributed by atoms with E-state index in [1.807, 2.05) is 6.20 Å². The molecule has 1 aliphatic rings. The lowest BCUT2D eigenvalue weighted by molar-refractivity contribution is 1.42. The summed E-state index contributed by atoms with van der Waals surface area (Å²) in [5.74, 6) is 0.915. The highest BCUT2D eigenvalue weighted by Crippen LogP contribution is 2.23. The fourth-order valence-corrected chi connectivity index (χ4v) is 2.04. The van der Waals surface area contributed by atoms with Crippen molar-refractivity contribution in [1.82, 2.24) is 0 Å². The van der Waals surface area contributed by atoms with E-state index in [1.54, 1.807) is 11.8 Å². The summed E-state index contributed by atoms with van der Waals surface area (Å²) in [6.07, 6.45) is 1.86. The van der Waals surface area contributed by atoms with Gasteiger partial charge in [0, 0.05) is 12.0 Å². The third-order valence-electron chi connectivity index (χ3n) is 2.11. The molecule has 80 valence electrons. The first kappa shape index (κ1) is 12.3. The summed E-state index contributed by atoms with van der Waals surface area (Å²) < 4.78 is 0. The van der Waals surface area contributed by atoms with Gasteiger partial charge in [-0.2, -0.15) is 0 Å². The number of thioether (sulfide) groups is 1. The molecule has 0 amide bonds. The highest BCUT2D eigenvalue weighted by atomic mass is 79.9. The van der Waals surface area contributed by atoms with E-state index in [2.05, 4.69) is 36.2 Å². The molecular formula is C11H13BrN2S. The lowest BCUT2D eigenvalue weighted by Crippen LogP contribution is -2.10. The first-order valence-electron chi connectivity index (χ1n) is 4.48. The highest BCUT2D eigenvalue weighted by molar-refractivity contribution is 8.93. The first-order valence-corrected chi connectivity index (χ1v) is 5.46. The lowest BCUT2D eigenvalue weighted by atomic mass is 10.1. The van der Waals surface area contributed by atoms with Crippen LogP contribution in [0.5, 0.6) is 0 Å². The van der Waals surface area contributed by atoms with Gasteiger partial charge in [0.05, 0.1) is 0 Å². The molecule has 0 radical (unpaired) electrons. The van der Waals surface area contributed by atoms with E-state index in [0.29, 0.717) is 5.17 Å². The Kier molecular flexibility index (Phi) is 4.42. The third-order valence-corrected chi connectivity index (χ3v) is 2.97. The summed E-state index contributed by atoms with van der Waals surface area (Å²) in [6, 6.07) is 8.44. The maximum absolute atomic E-state index is 5.57. The van der Waals surface area contributed by atoms with Crippen molar-refractivity contribution in [3.63, 3.8) is 0 Å². The minimum atomic E-state index is 0. The monoisotopic (exact) mass is 284 g/mol. The Balaban J connectivity index is 0.00000112. The van der Waals surface area contributed by atoms with Crippen molar-refractivity contribution < 1.29 is 0 Å². The zero-order valence-electron chi connectivity index (χ0n) is 8.43. The van der Waals surface area contributed by atoms with E-state index >= 15 is 0 Å². The summed E-state index contributed by atoms with van der Waals surface area (Å²) in [5, 5.41) is 0.654. The minimum Gasteiger partial charge on any atom is -0.378 e. The minimum absolute atomic E-state index is 0. The summed E-state index contributed by atoms with van der Waals surface area (Å²) >= 11 is 1.59. The molecule has 0 aliphatic carbocycles. The maximum atomic E-state index is 5.57. The zero-order valence-corrected chi connectivity index (χ0v) is 11.0. The Hall–Kier alpha value is -0.740. The molecule has 1 aliphatic heterocycles. The van der Waals surface area contributed by atoms with Crippen molar-refractivity contribution in [3.05, 3.63) is 41.6 Å². The Morgan fingerprint density at radius 1 is 1.40 bits per heavy atom. The van der Waals surface area contributed by atoms with Crippen LogP contribution in [0, 0.1) is 6.92 Å². The van der Waals surface area contributed by atoms with Crippen molar-refractivity contribution in [1.29, 1.82) is 0 Å². The normalized spacial score (nSPS) is 15.0. The SMILES string of the molecule is Br.Cc1cccc(C2=CN=C(N)SC2)c1. The molecule has 0 unspecified atom stereocenters. The fraction of sp³-hybridized carbons (Fsp3) is 0.182. The number of nitrogens with two attached hydrogens (primary N) is 1. The number of halogens is 1. The Labute approximate surface area is 104 Å². The van der Waals surface area contributed by atoms with Gasteiger partial charge in [-0.05, 0) is 18.1 Å². The lowest BCUT2D eigenvalue weighted by Gasteiger charge is -2.10. The molecule has 1 aromatic rings.